The predicted molar refractivity (Wildman–Crippen MR) is 95.5 cm³/mol. The van der Waals surface area contributed by atoms with Gasteiger partial charge in [0.25, 0.3) is 5.91 Å². The molecule has 2 N–H and O–H groups in total. The van der Waals surface area contributed by atoms with Crippen molar-refractivity contribution in [3.63, 3.8) is 0 Å². The number of hydrogen-bond donors (Lipinski definition) is 2. The van der Waals surface area contributed by atoms with Gasteiger partial charge >= 0.3 is 18.3 Å². The number of hydrogen-bond acceptors (Lipinski definition) is 2. The van der Waals surface area contributed by atoms with E-state index in [9.17, 15) is 41.0 Å². The van der Waals surface area contributed by atoms with Crippen LogP contribution in [-0.2, 0) is 23.6 Å². The third-order valence-corrected chi connectivity index (χ3v) is 4.48. The molecule has 0 saturated heterocycles. The van der Waals surface area contributed by atoms with E-state index in [1.807, 2.05) is 5.32 Å². The molecular formula is C18H11Cl2F6NO3. The fourth-order valence-electron chi connectivity index (χ4n) is 2.43. The first kappa shape index (κ1) is 23.8. The second-order valence-electron chi connectivity index (χ2n) is 6.10. The molecule has 12 heteroatoms. The Hall–Kier alpha value is -2.46. The highest BCUT2D eigenvalue weighted by Gasteiger charge is 2.37. The van der Waals surface area contributed by atoms with E-state index in [-0.39, 0.29) is 40.2 Å². The largest absolute Gasteiger partial charge is 0.480 e. The van der Waals surface area contributed by atoms with Crippen LogP contribution in [0.4, 0.5) is 26.3 Å². The van der Waals surface area contributed by atoms with E-state index >= 15 is 0 Å². The summed E-state index contributed by atoms with van der Waals surface area (Å²) < 4.78 is 77.6. The number of benzene rings is 2. The van der Waals surface area contributed by atoms with E-state index in [0.29, 0.717) is 0 Å². The minimum absolute atomic E-state index is 0.0708. The molecule has 0 heterocycles. The Morgan fingerprint density at radius 3 is 1.90 bits per heavy atom. The van der Waals surface area contributed by atoms with Gasteiger partial charge in [-0.3, -0.25) is 4.79 Å². The van der Waals surface area contributed by atoms with Crippen LogP contribution in [0.5, 0.6) is 0 Å². The van der Waals surface area contributed by atoms with Crippen molar-refractivity contribution < 1.29 is 41.0 Å². The summed E-state index contributed by atoms with van der Waals surface area (Å²) in [6, 6.07) is 2.67. The molecule has 2 rings (SSSR count). The zero-order valence-corrected chi connectivity index (χ0v) is 16.0. The molecule has 0 fully saturated rings. The zero-order valence-electron chi connectivity index (χ0n) is 14.5. The average molecular weight is 474 g/mol. The van der Waals surface area contributed by atoms with Crippen molar-refractivity contribution in [1.29, 1.82) is 0 Å². The lowest BCUT2D eigenvalue weighted by Gasteiger charge is -2.17. The molecule has 0 aliphatic heterocycles. The van der Waals surface area contributed by atoms with Gasteiger partial charge in [0.1, 0.15) is 6.04 Å². The van der Waals surface area contributed by atoms with Gasteiger partial charge in [-0.05, 0) is 35.9 Å². The van der Waals surface area contributed by atoms with Crippen LogP contribution in [0, 0.1) is 0 Å². The Morgan fingerprint density at radius 2 is 1.47 bits per heavy atom. The van der Waals surface area contributed by atoms with Gasteiger partial charge in [-0.2, -0.15) is 26.3 Å². The lowest BCUT2D eigenvalue weighted by atomic mass is 10.0. The number of nitrogens with one attached hydrogen (secondary N) is 1. The Labute approximate surface area is 175 Å². The van der Waals surface area contributed by atoms with Gasteiger partial charge in [0.2, 0.25) is 0 Å². The summed E-state index contributed by atoms with van der Waals surface area (Å²) in [7, 11) is 0. The number of carboxylic acid groups (broad SMARTS) is 1. The molecular weight excluding hydrogens is 463 g/mol. The third kappa shape index (κ3) is 6.02. The van der Waals surface area contributed by atoms with E-state index in [4.69, 9.17) is 23.2 Å². The maximum Gasteiger partial charge on any atom is 0.416 e. The molecule has 0 aromatic heterocycles. The summed E-state index contributed by atoms with van der Waals surface area (Å²) in [5.74, 6) is -3.00. The van der Waals surface area contributed by atoms with Crippen molar-refractivity contribution in [2.75, 3.05) is 0 Å². The number of aliphatic carboxylic acids is 1. The molecule has 0 aliphatic rings. The molecule has 1 amide bonds. The molecule has 0 unspecified atom stereocenters. The van der Waals surface area contributed by atoms with E-state index in [1.54, 1.807) is 0 Å². The fraction of sp³-hybridized carbons (Fsp3) is 0.222. The minimum atomic E-state index is -5.15. The summed E-state index contributed by atoms with van der Waals surface area (Å²) in [5.41, 5.74) is -4.15. The summed E-state index contributed by atoms with van der Waals surface area (Å²) in [5, 5.41) is 11.5. The Morgan fingerprint density at radius 1 is 0.933 bits per heavy atom. The van der Waals surface area contributed by atoms with Crippen LogP contribution in [0.3, 0.4) is 0 Å². The number of carbonyl (C=O) groups is 2. The zero-order chi connectivity index (χ0) is 22.9. The molecule has 0 bridgehead atoms. The molecule has 2 aromatic carbocycles. The van der Waals surface area contributed by atoms with Gasteiger partial charge in [-0.15, -0.1) is 0 Å². The predicted octanol–water partition coefficient (Wildman–Crippen LogP) is 5.46. The van der Waals surface area contributed by atoms with Gasteiger partial charge in [0.15, 0.2) is 0 Å². The number of carboxylic acids is 1. The van der Waals surface area contributed by atoms with E-state index in [0.717, 1.165) is 0 Å². The van der Waals surface area contributed by atoms with Gasteiger partial charge in [-0.25, -0.2) is 4.79 Å². The second kappa shape index (κ2) is 8.73. The lowest BCUT2D eigenvalue weighted by molar-refractivity contribution is -0.143. The standard InChI is InChI=1S/C18H11Cl2F6NO3/c19-12-2-1-8(13(20)7-12)5-14(16(29)30)27-15(28)9-3-10(17(21,22)23)6-11(4-9)18(24,25)26/h1-4,6-7,14H,5H2,(H,27,28)(H,29,30)/t14-/m0/s1. The summed E-state index contributed by atoms with van der Waals surface area (Å²) in [6.45, 7) is 0. The summed E-state index contributed by atoms with van der Waals surface area (Å²) >= 11 is 11.7. The quantitative estimate of drug-likeness (QED) is 0.567. The Kier molecular flexibility index (Phi) is 6.93. The first-order chi connectivity index (χ1) is 13.7. The van der Waals surface area contributed by atoms with Gasteiger partial charge in [0.05, 0.1) is 11.1 Å². The van der Waals surface area contributed by atoms with Crippen molar-refractivity contribution in [1.82, 2.24) is 5.32 Å². The third-order valence-electron chi connectivity index (χ3n) is 3.89. The number of rotatable bonds is 5. The van der Waals surface area contributed by atoms with Gasteiger partial charge in [0, 0.05) is 22.0 Å². The van der Waals surface area contributed by atoms with Crippen molar-refractivity contribution >= 4 is 35.1 Å². The highest BCUT2D eigenvalue weighted by molar-refractivity contribution is 6.35. The van der Waals surface area contributed by atoms with Crippen LogP contribution in [-0.4, -0.2) is 23.0 Å². The van der Waals surface area contributed by atoms with E-state index in [2.05, 4.69) is 0 Å². The topological polar surface area (TPSA) is 66.4 Å². The molecule has 162 valence electrons. The van der Waals surface area contributed by atoms with Crippen molar-refractivity contribution in [3.05, 3.63) is 68.7 Å². The molecule has 0 saturated carbocycles. The van der Waals surface area contributed by atoms with Crippen molar-refractivity contribution in [2.24, 2.45) is 0 Å². The highest BCUT2D eigenvalue weighted by atomic mass is 35.5. The van der Waals surface area contributed by atoms with Crippen LogP contribution in [0.1, 0.15) is 27.0 Å². The molecule has 1 atom stereocenters. The summed E-state index contributed by atoms with van der Waals surface area (Å²) in [4.78, 5) is 23.7. The normalized spacial score (nSPS) is 13.1. The first-order valence-electron chi connectivity index (χ1n) is 7.95. The first-order valence-corrected chi connectivity index (χ1v) is 8.71. The molecule has 0 aliphatic carbocycles. The van der Waals surface area contributed by atoms with Crippen LogP contribution in [0.2, 0.25) is 10.0 Å². The maximum absolute atomic E-state index is 12.9. The number of alkyl halides is 6. The molecule has 4 nitrogen and oxygen atoms in total. The maximum atomic E-state index is 12.9. The SMILES string of the molecule is O=C(N[C@@H](Cc1ccc(Cl)cc1Cl)C(=O)O)c1cc(C(F)(F)F)cc(C(F)(F)F)c1. The minimum Gasteiger partial charge on any atom is -0.480 e. The van der Waals surface area contributed by atoms with E-state index < -0.39 is 47.0 Å². The Balaban J connectivity index is 2.36. The molecule has 0 radical (unpaired) electrons. The fourth-order valence-corrected chi connectivity index (χ4v) is 2.92. The molecule has 30 heavy (non-hydrogen) atoms. The van der Waals surface area contributed by atoms with E-state index in [1.165, 1.54) is 18.2 Å². The highest BCUT2D eigenvalue weighted by Crippen LogP contribution is 2.36. The van der Waals surface area contributed by atoms with Crippen molar-refractivity contribution in [3.8, 4) is 0 Å². The van der Waals surface area contributed by atoms with Gasteiger partial charge in [-0.1, -0.05) is 29.3 Å². The number of carbonyl (C=O) groups excluding carboxylic acids is 1. The van der Waals surface area contributed by atoms with Gasteiger partial charge < -0.3 is 10.4 Å². The molecule has 2 aromatic rings. The van der Waals surface area contributed by atoms with Crippen LogP contribution >= 0.6 is 23.2 Å². The van der Waals surface area contributed by atoms with Crippen LogP contribution in [0.25, 0.3) is 0 Å². The molecule has 0 spiro atoms. The van der Waals surface area contributed by atoms with Crippen LogP contribution < -0.4 is 5.32 Å². The lowest BCUT2D eigenvalue weighted by Crippen LogP contribution is -2.42. The second-order valence-corrected chi connectivity index (χ2v) is 6.94. The van der Waals surface area contributed by atoms with Crippen molar-refractivity contribution in [2.45, 2.75) is 24.8 Å². The summed E-state index contributed by atoms with van der Waals surface area (Å²) in [6.07, 6.45) is -10.7. The average Bonchev–Trinajstić information content (AvgIpc) is 2.61. The number of halogens is 8. The Bertz CT molecular complexity index is 943. The monoisotopic (exact) mass is 473 g/mol. The number of amides is 1. The smallest absolute Gasteiger partial charge is 0.416 e. The van der Waals surface area contributed by atoms with Crippen LogP contribution in [0.15, 0.2) is 36.4 Å².